The quantitative estimate of drug-likeness (QED) is 0.237. The predicted molar refractivity (Wildman–Crippen MR) is 123 cm³/mol. The smallest absolute Gasteiger partial charge is 0.234 e. The van der Waals surface area contributed by atoms with Crippen LogP contribution >= 0.6 is 24.0 Å². The first-order chi connectivity index (χ1) is 13.2. The lowest BCUT2D eigenvalue weighted by molar-refractivity contribution is -0.122. The Labute approximate surface area is 187 Å². The van der Waals surface area contributed by atoms with Crippen LogP contribution in [0.2, 0.25) is 0 Å². The molecule has 3 rings (SSSR count). The van der Waals surface area contributed by atoms with E-state index in [1.165, 1.54) is 38.5 Å². The van der Waals surface area contributed by atoms with Crippen molar-refractivity contribution in [1.82, 2.24) is 20.4 Å². The molecule has 0 aromatic carbocycles. The summed E-state index contributed by atoms with van der Waals surface area (Å²) in [4.78, 5) is 21.0. The number of nitrogens with one attached hydrogen (secondary N) is 2. The van der Waals surface area contributed by atoms with Crippen molar-refractivity contribution in [3.05, 3.63) is 0 Å². The van der Waals surface area contributed by atoms with Crippen molar-refractivity contribution < 1.29 is 9.53 Å². The minimum Gasteiger partial charge on any atom is -0.383 e. The Balaban J connectivity index is 0.00000280. The summed E-state index contributed by atoms with van der Waals surface area (Å²) < 4.78 is 4.96. The molecule has 1 aliphatic heterocycles. The molecule has 28 heavy (non-hydrogen) atoms. The van der Waals surface area contributed by atoms with Crippen LogP contribution in [-0.4, -0.2) is 87.7 Å². The van der Waals surface area contributed by atoms with Gasteiger partial charge in [0.1, 0.15) is 0 Å². The van der Waals surface area contributed by atoms with Gasteiger partial charge in [-0.25, -0.2) is 0 Å². The number of methoxy groups -OCH3 is 1. The summed E-state index contributed by atoms with van der Waals surface area (Å²) >= 11 is 0. The van der Waals surface area contributed by atoms with E-state index in [1.54, 1.807) is 7.11 Å². The van der Waals surface area contributed by atoms with E-state index in [4.69, 9.17) is 4.74 Å². The fourth-order valence-corrected chi connectivity index (χ4v) is 4.60. The molecule has 2 saturated carbocycles. The van der Waals surface area contributed by atoms with E-state index in [2.05, 4.69) is 25.4 Å². The van der Waals surface area contributed by atoms with Gasteiger partial charge in [0.2, 0.25) is 5.91 Å². The number of aliphatic imine (C=N–C) groups is 1. The maximum absolute atomic E-state index is 11.9. The van der Waals surface area contributed by atoms with Gasteiger partial charge in [-0.15, -0.1) is 24.0 Å². The topological polar surface area (TPSA) is 69.2 Å². The van der Waals surface area contributed by atoms with E-state index in [0.717, 1.165) is 44.0 Å². The van der Waals surface area contributed by atoms with Crippen molar-refractivity contribution >= 4 is 35.8 Å². The molecule has 2 N–H and O–H groups in total. The van der Waals surface area contributed by atoms with Crippen LogP contribution in [0, 0.1) is 11.8 Å². The molecule has 1 amide bonds. The average molecular weight is 507 g/mol. The van der Waals surface area contributed by atoms with E-state index < -0.39 is 0 Å². The third-order valence-corrected chi connectivity index (χ3v) is 6.29. The largest absolute Gasteiger partial charge is 0.383 e. The lowest BCUT2D eigenvalue weighted by Gasteiger charge is -2.36. The molecular weight excluding hydrogens is 469 g/mol. The van der Waals surface area contributed by atoms with Crippen LogP contribution in [0.15, 0.2) is 4.99 Å². The second-order valence-corrected chi connectivity index (χ2v) is 8.20. The fraction of sp³-hybridized carbons (Fsp3) is 0.900. The highest BCUT2D eigenvalue weighted by atomic mass is 127. The van der Waals surface area contributed by atoms with Gasteiger partial charge in [0, 0.05) is 52.9 Å². The Hall–Kier alpha value is -0.610. The van der Waals surface area contributed by atoms with Crippen LogP contribution in [0.1, 0.15) is 38.5 Å². The number of hydrogen-bond acceptors (Lipinski definition) is 4. The standard InChI is InChI=1S/C20H37N5O2.HI/c1-21-20(23-18-14-17(18)16-6-4-3-5-7-16)25-11-9-24(10-12-25)15-19(26)22-8-13-27-2;/h16-18H,3-15H2,1-2H3,(H,21,23)(H,22,26);1H. The Bertz CT molecular complexity index is 505. The Kier molecular flexibility index (Phi) is 10.3. The summed E-state index contributed by atoms with van der Waals surface area (Å²) in [7, 11) is 3.53. The first kappa shape index (κ1) is 23.7. The van der Waals surface area contributed by atoms with Gasteiger partial charge in [0.05, 0.1) is 13.2 Å². The summed E-state index contributed by atoms with van der Waals surface area (Å²) in [6.07, 6.45) is 8.43. The number of guanidine groups is 1. The third kappa shape index (κ3) is 7.02. The summed E-state index contributed by atoms with van der Waals surface area (Å²) in [5.74, 6) is 2.92. The molecule has 0 aromatic heterocycles. The maximum Gasteiger partial charge on any atom is 0.234 e. The van der Waals surface area contributed by atoms with Crippen molar-refractivity contribution in [2.75, 3.05) is 60.0 Å². The third-order valence-electron chi connectivity index (χ3n) is 6.29. The minimum absolute atomic E-state index is 0. The van der Waals surface area contributed by atoms with Crippen LogP contribution in [-0.2, 0) is 9.53 Å². The van der Waals surface area contributed by atoms with Gasteiger partial charge in [-0.05, 0) is 18.3 Å². The highest BCUT2D eigenvalue weighted by Gasteiger charge is 2.43. The molecule has 0 radical (unpaired) electrons. The molecule has 2 unspecified atom stereocenters. The van der Waals surface area contributed by atoms with E-state index in [0.29, 0.717) is 25.7 Å². The maximum atomic E-state index is 11.9. The molecular formula is C20H38IN5O2. The number of piperazine rings is 1. The monoisotopic (exact) mass is 507 g/mol. The van der Waals surface area contributed by atoms with Crippen LogP contribution in [0.4, 0.5) is 0 Å². The number of amides is 1. The number of rotatable bonds is 7. The van der Waals surface area contributed by atoms with Gasteiger partial charge in [-0.3, -0.25) is 14.7 Å². The zero-order valence-electron chi connectivity index (χ0n) is 17.5. The average Bonchev–Trinajstić information content (AvgIpc) is 3.47. The minimum atomic E-state index is 0. The molecule has 0 spiro atoms. The predicted octanol–water partition coefficient (Wildman–Crippen LogP) is 1.53. The van der Waals surface area contributed by atoms with Crippen molar-refractivity contribution in [3.8, 4) is 0 Å². The number of carbonyl (C=O) groups is 1. The summed E-state index contributed by atoms with van der Waals surface area (Å²) in [6.45, 7) is 5.25. The van der Waals surface area contributed by atoms with Gasteiger partial charge in [0.25, 0.3) is 0 Å². The summed E-state index contributed by atoms with van der Waals surface area (Å²) in [5.41, 5.74) is 0. The van der Waals surface area contributed by atoms with Crippen LogP contribution in [0.3, 0.4) is 0 Å². The van der Waals surface area contributed by atoms with Crippen molar-refractivity contribution in [2.45, 2.75) is 44.6 Å². The Morgan fingerprint density at radius 2 is 1.86 bits per heavy atom. The van der Waals surface area contributed by atoms with E-state index >= 15 is 0 Å². The van der Waals surface area contributed by atoms with Crippen LogP contribution in [0.5, 0.6) is 0 Å². The fourth-order valence-electron chi connectivity index (χ4n) is 4.60. The molecule has 3 aliphatic rings. The second-order valence-electron chi connectivity index (χ2n) is 8.20. The van der Waals surface area contributed by atoms with Crippen molar-refractivity contribution in [1.29, 1.82) is 0 Å². The highest BCUT2D eigenvalue weighted by Crippen LogP contribution is 2.44. The Morgan fingerprint density at radius 1 is 1.14 bits per heavy atom. The van der Waals surface area contributed by atoms with Gasteiger partial charge in [0.15, 0.2) is 5.96 Å². The molecule has 2 aliphatic carbocycles. The molecule has 8 heteroatoms. The lowest BCUT2D eigenvalue weighted by Crippen LogP contribution is -2.54. The molecule has 162 valence electrons. The first-order valence-electron chi connectivity index (χ1n) is 10.7. The zero-order chi connectivity index (χ0) is 19.1. The van der Waals surface area contributed by atoms with Crippen LogP contribution in [0.25, 0.3) is 0 Å². The van der Waals surface area contributed by atoms with Crippen molar-refractivity contribution in [3.63, 3.8) is 0 Å². The van der Waals surface area contributed by atoms with Gasteiger partial charge in [-0.1, -0.05) is 32.1 Å². The highest BCUT2D eigenvalue weighted by molar-refractivity contribution is 14.0. The molecule has 2 atom stereocenters. The number of nitrogens with zero attached hydrogens (tertiary/aromatic N) is 3. The molecule has 3 fully saturated rings. The van der Waals surface area contributed by atoms with Gasteiger partial charge >= 0.3 is 0 Å². The van der Waals surface area contributed by atoms with Crippen molar-refractivity contribution in [2.24, 2.45) is 16.8 Å². The molecule has 0 aromatic rings. The molecule has 7 nitrogen and oxygen atoms in total. The summed E-state index contributed by atoms with van der Waals surface area (Å²) in [6, 6.07) is 0.622. The van der Waals surface area contributed by atoms with Crippen LogP contribution < -0.4 is 10.6 Å². The van der Waals surface area contributed by atoms with E-state index in [-0.39, 0.29) is 29.9 Å². The number of hydrogen-bond donors (Lipinski definition) is 2. The Morgan fingerprint density at radius 3 is 2.50 bits per heavy atom. The SMILES string of the molecule is CN=C(NC1CC1C1CCCCC1)N1CCN(CC(=O)NCCOC)CC1.I. The van der Waals surface area contributed by atoms with Gasteiger partial charge < -0.3 is 20.3 Å². The normalized spacial score (nSPS) is 26.5. The number of halogens is 1. The van der Waals surface area contributed by atoms with E-state index in [9.17, 15) is 4.79 Å². The number of ether oxygens (including phenoxy) is 1. The summed E-state index contributed by atoms with van der Waals surface area (Å²) in [5, 5.41) is 6.60. The molecule has 1 heterocycles. The van der Waals surface area contributed by atoms with E-state index in [1.807, 2.05) is 7.05 Å². The molecule has 1 saturated heterocycles. The lowest BCUT2D eigenvalue weighted by atomic mass is 9.85. The van der Waals surface area contributed by atoms with Gasteiger partial charge in [-0.2, -0.15) is 0 Å². The number of carbonyl (C=O) groups excluding carboxylic acids is 1. The second kappa shape index (κ2) is 12.2. The first-order valence-corrected chi connectivity index (χ1v) is 10.7. The zero-order valence-corrected chi connectivity index (χ0v) is 19.8. The molecule has 0 bridgehead atoms.